The second kappa shape index (κ2) is 14.3. The van der Waals surface area contributed by atoms with Crippen LogP contribution in [0.25, 0.3) is 0 Å². The highest BCUT2D eigenvalue weighted by Gasteiger charge is 2.57. The van der Waals surface area contributed by atoms with Gasteiger partial charge in [0.25, 0.3) is 0 Å². The van der Waals surface area contributed by atoms with E-state index in [0.29, 0.717) is 23.3 Å². The number of rotatable bonds is 10. The molecule has 12 nitrogen and oxygen atoms in total. The summed E-state index contributed by atoms with van der Waals surface area (Å²) in [5, 5.41) is 4.29. The second-order valence-electron chi connectivity index (χ2n) is 10.4. The lowest BCUT2D eigenvalue weighted by molar-refractivity contribution is -0.174. The molecule has 2 N–H and O–H groups in total. The molecule has 0 spiro atoms. The van der Waals surface area contributed by atoms with Gasteiger partial charge in [-0.15, -0.1) is 0 Å². The number of hydrogen-bond donors (Lipinski definition) is 2. The number of urea groups is 1. The van der Waals surface area contributed by atoms with Gasteiger partial charge in [-0.3, -0.25) is 14.9 Å². The lowest BCUT2D eigenvalue weighted by atomic mass is 9.82. The Morgan fingerprint density at radius 1 is 1.10 bits per heavy atom. The van der Waals surface area contributed by atoms with Crippen LogP contribution in [0.5, 0.6) is 0 Å². The van der Waals surface area contributed by atoms with Gasteiger partial charge in [0.15, 0.2) is 6.04 Å². The molecule has 0 radical (unpaired) electrons. The van der Waals surface area contributed by atoms with Crippen LogP contribution in [-0.2, 0) is 35.0 Å². The van der Waals surface area contributed by atoms with Crippen molar-refractivity contribution < 1.29 is 51.4 Å². The second-order valence-corrected chi connectivity index (χ2v) is 10.4. The topological polar surface area (TPSA) is 153 Å². The summed E-state index contributed by atoms with van der Waals surface area (Å²) >= 11 is 0. The minimum Gasteiger partial charge on any atom is -0.464 e. The highest BCUT2D eigenvalue weighted by Crippen LogP contribution is 2.36. The zero-order valence-electron chi connectivity index (χ0n) is 23.6. The molecular formula is C27H35F3N4O8. The molecule has 42 heavy (non-hydrogen) atoms. The average molecular weight is 601 g/mol. The molecule has 4 amide bonds. The number of ether oxygens (including phenoxy) is 3. The minimum atomic E-state index is -4.73. The number of likely N-dealkylation sites (tertiary alicyclic amines) is 1. The Labute approximate surface area is 240 Å². The summed E-state index contributed by atoms with van der Waals surface area (Å²) in [6.07, 6.45) is -1.89. The quantitative estimate of drug-likeness (QED) is 0.231. The summed E-state index contributed by atoms with van der Waals surface area (Å²) in [5.41, 5.74) is 0.426. The number of β-lactam (4-membered cyclic amide) rings is 1. The van der Waals surface area contributed by atoms with Crippen LogP contribution < -0.4 is 10.6 Å². The Bertz CT molecular complexity index is 1160. The van der Waals surface area contributed by atoms with Gasteiger partial charge >= 0.3 is 30.2 Å². The van der Waals surface area contributed by atoms with E-state index in [2.05, 4.69) is 10.3 Å². The fourth-order valence-corrected chi connectivity index (χ4v) is 4.98. The number of amides is 4. The summed E-state index contributed by atoms with van der Waals surface area (Å²) in [5.74, 6) is -4.65. The molecule has 2 fully saturated rings. The van der Waals surface area contributed by atoms with Crippen LogP contribution in [0, 0.1) is 17.8 Å². The first kappa shape index (κ1) is 32.6. The van der Waals surface area contributed by atoms with Crippen molar-refractivity contribution >= 4 is 35.8 Å². The highest BCUT2D eigenvalue weighted by atomic mass is 19.4. The third-order valence-corrected chi connectivity index (χ3v) is 7.09. The van der Waals surface area contributed by atoms with Crippen molar-refractivity contribution in [1.82, 2.24) is 15.2 Å². The highest BCUT2D eigenvalue weighted by molar-refractivity contribution is 6.08. The Balaban J connectivity index is 1.68. The molecule has 1 aromatic heterocycles. The van der Waals surface area contributed by atoms with Crippen molar-refractivity contribution in [2.75, 3.05) is 18.7 Å². The molecule has 3 rings (SSSR count). The van der Waals surface area contributed by atoms with Crippen LogP contribution in [0.2, 0.25) is 0 Å². The van der Waals surface area contributed by atoms with Crippen LogP contribution in [0.15, 0.2) is 18.3 Å². The van der Waals surface area contributed by atoms with Crippen LogP contribution in [0.3, 0.4) is 0 Å². The standard InChI is InChI=1S/C27H35F3N4O8/c1-4-40-24(37)20-18(12-16-10-11-31-19(13-16)32-26(39)42-14-41-23(36)15(2)3)22(35)34(20)25(38)33-21(27(28,29)30)17-8-6-5-7-9-17/h10-11,13,15,17-18,20-21H,4-9,12,14H2,1-3H3,(H,33,38)(H,31,32,39). The van der Waals surface area contributed by atoms with Crippen molar-refractivity contribution in [3.05, 3.63) is 23.9 Å². The van der Waals surface area contributed by atoms with Crippen molar-refractivity contribution in [1.29, 1.82) is 0 Å². The first-order valence-electron chi connectivity index (χ1n) is 13.8. The van der Waals surface area contributed by atoms with Crippen molar-refractivity contribution in [2.45, 2.75) is 77.6 Å². The average Bonchev–Trinajstić information content (AvgIpc) is 2.93. The van der Waals surface area contributed by atoms with E-state index in [1.165, 1.54) is 25.3 Å². The molecule has 1 aliphatic heterocycles. The van der Waals surface area contributed by atoms with Crippen LogP contribution in [0.4, 0.5) is 28.6 Å². The zero-order chi connectivity index (χ0) is 31.0. The molecular weight excluding hydrogens is 565 g/mol. The number of aromatic nitrogens is 1. The maximum absolute atomic E-state index is 13.9. The van der Waals surface area contributed by atoms with Gasteiger partial charge in [0.2, 0.25) is 12.7 Å². The number of carbonyl (C=O) groups excluding carboxylic acids is 5. The minimum absolute atomic E-state index is 0.0160. The summed E-state index contributed by atoms with van der Waals surface area (Å²) < 4.78 is 56.2. The van der Waals surface area contributed by atoms with Crippen LogP contribution in [0.1, 0.15) is 58.4 Å². The SMILES string of the molecule is CCOC(=O)C1C(Cc2ccnc(NC(=O)OCOC(=O)C(C)C)c2)C(=O)N1C(=O)NC(C1CCCCC1)C(F)(F)F. The van der Waals surface area contributed by atoms with Gasteiger partial charge in [-0.05, 0) is 49.8 Å². The summed E-state index contributed by atoms with van der Waals surface area (Å²) in [7, 11) is 0. The lowest BCUT2D eigenvalue weighted by Gasteiger charge is -2.44. The van der Waals surface area contributed by atoms with Crippen molar-refractivity contribution in [3.8, 4) is 0 Å². The number of alkyl halides is 3. The number of nitrogens with zero attached hydrogens (tertiary/aromatic N) is 2. The Morgan fingerprint density at radius 3 is 2.40 bits per heavy atom. The fourth-order valence-electron chi connectivity index (χ4n) is 4.98. The summed E-state index contributed by atoms with van der Waals surface area (Å²) in [4.78, 5) is 66.7. The third kappa shape index (κ3) is 8.32. The first-order valence-corrected chi connectivity index (χ1v) is 13.8. The molecule has 0 aromatic carbocycles. The number of pyridine rings is 1. The molecule has 2 aliphatic rings. The molecule has 0 bridgehead atoms. The van der Waals surface area contributed by atoms with Crippen LogP contribution in [-0.4, -0.2) is 71.5 Å². The van der Waals surface area contributed by atoms with E-state index >= 15 is 0 Å². The molecule has 1 saturated carbocycles. The fraction of sp³-hybridized carbons (Fsp3) is 0.630. The largest absolute Gasteiger partial charge is 0.464 e. The summed E-state index contributed by atoms with van der Waals surface area (Å²) in [6.45, 7) is 4.05. The number of hydrogen-bond acceptors (Lipinski definition) is 9. The lowest BCUT2D eigenvalue weighted by Crippen LogP contribution is -2.70. The number of carbonyl (C=O) groups is 5. The Hall–Kier alpha value is -3.91. The van der Waals surface area contributed by atoms with E-state index in [4.69, 9.17) is 14.2 Å². The number of esters is 2. The van der Waals surface area contributed by atoms with Gasteiger partial charge in [0.1, 0.15) is 11.9 Å². The molecule has 15 heteroatoms. The monoisotopic (exact) mass is 600 g/mol. The van der Waals surface area contributed by atoms with Gasteiger partial charge in [-0.2, -0.15) is 13.2 Å². The van der Waals surface area contributed by atoms with Crippen molar-refractivity contribution in [2.24, 2.45) is 17.8 Å². The van der Waals surface area contributed by atoms with Gasteiger partial charge in [-0.25, -0.2) is 24.3 Å². The maximum atomic E-state index is 13.9. The first-order chi connectivity index (χ1) is 19.8. The zero-order valence-corrected chi connectivity index (χ0v) is 23.6. The van der Waals surface area contributed by atoms with Gasteiger partial charge in [-0.1, -0.05) is 33.1 Å². The smallest absolute Gasteiger partial charge is 0.415 e. The third-order valence-electron chi connectivity index (χ3n) is 7.09. The molecule has 3 atom stereocenters. The predicted octanol–water partition coefficient (Wildman–Crippen LogP) is 3.94. The van der Waals surface area contributed by atoms with Gasteiger partial charge < -0.3 is 19.5 Å². The van der Waals surface area contributed by atoms with E-state index in [1.54, 1.807) is 13.8 Å². The summed E-state index contributed by atoms with van der Waals surface area (Å²) in [6, 6.07) is -2.00. The Morgan fingerprint density at radius 2 is 1.79 bits per heavy atom. The molecule has 1 aromatic rings. The normalized spacial score (nSPS) is 19.9. The van der Waals surface area contributed by atoms with E-state index in [1.807, 2.05) is 5.32 Å². The Kier molecular flexibility index (Phi) is 11.1. The van der Waals surface area contributed by atoms with Crippen molar-refractivity contribution in [3.63, 3.8) is 0 Å². The van der Waals surface area contributed by atoms with E-state index in [0.717, 1.165) is 6.42 Å². The molecule has 1 aliphatic carbocycles. The molecule has 3 unspecified atom stereocenters. The van der Waals surface area contributed by atoms with E-state index in [9.17, 15) is 37.1 Å². The van der Waals surface area contributed by atoms with Gasteiger partial charge in [0.05, 0.1) is 18.4 Å². The number of nitrogens with one attached hydrogen (secondary N) is 2. The van der Waals surface area contributed by atoms with E-state index < -0.39 is 72.8 Å². The number of anilines is 1. The number of halogens is 3. The molecule has 2 heterocycles. The molecule has 1 saturated heterocycles. The maximum Gasteiger partial charge on any atom is 0.415 e. The molecule has 232 valence electrons. The van der Waals surface area contributed by atoms with E-state index in [-0.39, 0.29) is 31.7 Å². The predicted molar refractivity (Wildman–Crippen MR) is 140 cm³/mol. The number of imide groups is 1. The van der Waals surface area contributed by atoms with Crippen LogP contribution >= 0.6 is 0 Å². The van der Waals surface area contributed by atoms with Gasteiger partial charge in [0, 0.05) is 6.20 Å².